The van der Waals surface area contributed by atoms with Gasteiger partial charge < -0.3 is 10.5 Å². The molecule has 1 atom stereocenters. The number of aliphatic hydroxyl groups excluding tert-OH is 1. The molecule has 1 heterocycles. The Labute approximate surface area is 51.5 Å². The number of rotatable bonds is 1. The average molecular weight is 136 g/mol. The highest BCUT2D eigenvalue weighted by molar-refractivity contribution is 6.28. The summed E-state index contributed by atoms with van der Waals surface area (Å²) in [5.74, 6) is 0.864. The van der Waals surface area contributed by atoms with Gasteiger partial charge in [0.25, 0.3) is 0 Å². The van der Waals surface area contributed by atoms with Crippen molar-refractivity contribution in [3.8, 4) is 0 Å². The number of nitrogens with zero attached hydrogens (tertiary/aromatic N) is 1. The molecule has 1 aliphatic rings. The summed E-state index contributed by atoms with van der Waals surface area (Å²) in [7, 11) is 0. The number of alkyl halides is 1. The van der Waals surface area contributed by atoms with Gasteiger partial charge in [-0.05, 0) is 0 Å². The summed E-state index contributed by atoms with van der Waals surface area (Å²) in [6.07, 6.45) is -0.830. The van der Waals surface area contributed by atoms with Crippen LogP contribution in [0.4, 0.5) is 0 Å². The highest BCUT2D eigenvalue weighted by Gasteiger charge is 2.09. The van der Waals surface area contributed by atoms with Gasteiger partial charge >= 0.3 is 0 Å². The number of hydrogen-bond acceptors (Lipinski definition) is 4. The molecule has 0 amide bonds. The number of aliphatic hydroxyl groups is 1. The van der Waals surface area contributed by atoms with Gasteiger partial charge in [-0.25, -0.2) is 4.99 Å². The first-order valence-corrected chi connectivity index (χ1v) is 2.68. The monoisotopic (exact) mass is 135 g/mol. The topological polar surface area (TPSA) is 56.7 Å². The molecule has 1 rings (SSSR count). The summed E-state index contributed by atoms with van der Waals surface area (Å²) in [5.41, 5.74) is 5.01. The molecule has 1 unspecified atom stereocenters. The van der Waals surface area contributed by atoms with E-state index in [2.05, 4.69) is 15.8 Å². The van der Waals surface area contributed by atoms with Crippen molar-refractivity contribution in [1.82, 2.24) is 10.9 Å². The van der Waals surface area contributed by atoms with E-state index in [9.17, 15) is 0 Å². The summed E-state index contributed by atoms with van der Waals surface area (Å²) in [4.78, 5) is 3.62. The highest BCUT2D eigenvalue weighted by atomic mass is 35.5. The molecule has 5 heteroatoms. The van der Waals surface area contributed by atoms with E-state index in [-0.39, 0.29) is 0 Å². The van der Waals surface area contributed by atoms with Crippen molar-refractivity contribution in [2.75, 3.05) is 5.88 Å². The van der Waals surface area contributed by atoms with E-state index in [4.69, 9.17) is 16.7 Å². The number of aliphatic imine (C=N–C) groups is 1. The van der Waals surface area contributed by atoms with Crippen LogP contribution in [-0.2, 0) is 0 Å². The third kappa shape index (κ3) is 1.09. The Hall–Kier alpha value is -0.320. The summed E-state index contributed by atoms with van der Waals surface area (Å²) in [6, 6.07) is 0. The zero-order chi connectivity index (χ0) is 5.98. The van der Waals surface area contributed by atoms with Gasteiger partial charge in [0.05, 0.1) is 5.88 Å². The van der Waals surface area contributed by atoms with Crippen molar-refractivity contribution < 1.29 is 5.11 Å². The third-order valence-electron chi connectivity index (χ3n) is 0.750. The lowest BCUT2D eigenvalue weighted by Crippen LogP contribution is -2.35. The normalized spacial score (nSPS) is 27.2. The molecule has 1 aliphatic heterocycles. The van der Waals surface area contributed by atoms with Crippen LogP contribution in [0.5, 0.6) is 0 Å². The van der Waals surface area contributed by atoms with Crippen LogP contribution in [-0.4, -0.2) is 23.2 Å². The smallest absolute Gasteiger partial charge is 0.220 e. The molecule has 46 valence electrons. The summed E-state index contributed by atoms with van der Waals surface area (Å²) in [5, 5.41) is 8.61. The maximum atomic E-state index is 8.61. The Bertz CT molecular complexity index is 115. The molecule has 0 aromatic carbocycles. The number of hydrazine groups is 1. The molecule has 0 aromatic rings. The largest absolute Gasteiger partial charge is 0.358 e. The fourth-order valence-corrected chi connectivity index (χ4v) is 0.564. The first-order chi connectivity index (χ1) is 3.83. The molecule has 0 fully saturated rings. The van der Waals surface area contributed by atoms with E-state index in [1.54, 1.807) is 0 Å². The number of nitrogens with one attached hydrogen (secondary N) is 2. The summed E-state index contributed by atoms with van der Waals surface area (Å²) in [6.45, 7) is 0. The molecule has 4 nitrogen and oxygen atoms in total. The molecule has 0 bridgehead atoms. The first kappa shape index (κ1) is 5.81. The minimum absolute atomic E-state index is 0.296. The van der Waals surface area contributed by atoms with Gasteiger partial charge in [0.1, 0.15) is 5.84 Å². The van der Waals surface area contributed by atoms with E-state index in [0.717, 1.165) is 0 Å². The summed E-state index contributed by atoms with van der Waals surface area (Å²) >= 11 is 5.33. The van der Waals surface area contributed by atoms with E-state index < -0.39 is 6.35 Å². The molecule has 0 aliphatic carbocycles. The van der Waals surface area contributed by atoms with Crippen molar-refractivity contribution >= 4 is 17.4 Å². The number of hydrogen-bond donors (Lipinski definition) is 3. The Morgan fingerprint density at radius 1 is 1.88 bits per heavy atom. The lowest BCUT2D eigenvalue weighted by Gasteiger charge is -1.94. The zero-order valence-corrected chi connectivity index (χ0v) is 4.81. The Morgan fingerprint density at radius 2 is 2.62 bits per heavy atom. The molecule has 8 heavy (non-hydrogen) atoms. The van der Waals surface area contributed by atoms with Gasteiger partial charge in [-0.3, -0.25) is 0 Å². The Kier molecular flexibility index (Phi) is 1.67. The molecule has 0 aromatic heterocycles. The van der Waals surface area contributed by atoms with Crippen LogP contribution in [0.3, 0.4) is 0 Å². The molecular weight excluding hydrogens is 130 g/mol. The Morgan fingerprint density at radius 3 is 2.88 bits per heavy atom. The highest BCUT2D eigenvalue weighted by Crippen LogP contribution is 1.88. The van der Waals surface area contributed by atoms with Crippen LogP contribution in [0.15, 0.2) is 4.99 Å². The van der Waals surface area contributed by atoms with Gasteiger partial charge in [0.2, 0.25) is 6.35 Å². The van der Waals surface area contributed by atoms with Crippen molar-refractivity contribution in [1.29, 1.82) is 0 Å². The maximum Gasteiger partial charge on any atom is 0.220 e. The molecule has 0 radical (unpaired) electrons. The van der Waals surface area contributed by atoms with Crippen LogP contribution >= 0.6 is 11.6 Å². The molecule has 0 saturated carbocycles. The minimum Gasteiger partial charge on any atom is -0.358 e. The second kappa shape index (κ2) is 2.30. The van der Waals surface area contributed by atoms with E-state index in [1.807, 2.05) is 0 Å². The lowest BCUT2D eigenvalue weighted by atomic mass is 10.7. The van der Waals surface area contributed by atoms with Crippen LogP contribution in [0, 0.1) is 0 Å². The predicted octanol–water partition coefficient (Wildman–Crippen LogP) is -0.993. The van der Waals surface area contributed by atoms with Gasteiger partial charge in [-0.15, -0.1) is 11.6 Å². The summed E-state index contributed by atoms with van der Waals surface area (Å²) < 4.78 is 0. The van der Waals surface area contributed by atoms with Crippen molar-refractivity contribution in [3.63, 3.8) is 0 Å². The fraction of sp³-hybridized carbons (Fsp3) is 0.667. The second-order valence-electron chi connectivity index (χ2n) is 1.35. The van der Waals surface area contributed by atoms with Crippen molar-refractivity contribution in [2.24, 2.45) is 4.99 Å². The molecule has 0 spiro atoms. The van der Waals surface area contributed by atoms with Gasteiger partial charge in [-0.2, -0.15) is 5.43 Å². The van der Waals surface area contributed by atoms with E-state index >= 15 is 0 Å². The first-order valence-electron chi connectivity index (χ1n) is 2.15. The van der Waals surface area contributed by atoms with Crippen LogP contribution in [0.2, 0.25) is 0 Å². The molecule has 3 N–H and O–H groups in total. The van der Waals surface area contributed by atoms with Crippen molar-refractivity contribution in [3.05, 3.63) is 0 Å². The van der Waals surface area contributed by atoms with Crippen LogP contribution in [0.1, 0.15) is 0 Å². The minimum atomic E-state index is -0.830. The second-order valence-corrected chi connectivity index (χ2v) is 1.62. The zero-order valence-electron chi connectivity index (χ0n) is 4.06. The maximum absolute atomic E-state index is 8.61. The number of halogens is 1. The van der Waals surface area contributed by atoms with Gasteiger partial charge in [0, 0.05) is 0 Å². The van der Waals surface area contributed by atoms with E-state index in [1.165, 1.54) is 0 Å². The third-order valence-corrected chi connectivity index (χ3v) is 1.00. The van der Waals surface area contributed by atoms with E-state index in [0.29, 0.717) is 11.7 Å². The predicted molar refractivity (Wildman–Crippen MR) is 30.4 cm³/mol. The molecule has 0 saturated heterocycles. The van der Waals surface area contributed by atoms with Crippen molar-refractivity contribution in [2.45, 2.75) is 6.35 Å². The van der Waals surface area contributed by atoms with Crippen LogP contribution in [0.25, 0.3) is 0 Å². The SMILES string of the molecule is OC1N=C(CCl)NN1. The average Bonchev–Trinajstić information content (AvgIpc) is 2.14. The quantitative estimate of drug-likeness (QED) is 0.405. The van der Waals surface area contributed by atoms with Crippen LogP contribution < -0.4 is 10.9 Å². The lowest BCUT2D eigenvalue weighted by molar-refractivity contribution is 0.152. The standard InChI is InChI=1S/C3H6ClN3O/c4-1-2-5-3(8)7-6-2/h3,7-8H,1H2,(H,5,6). The van der Waals surface area contributed by atoms with Gasteiger partial charge in [0.15, 0.2) is 0 Å². The fourth-order valence-electron chi connectivity index (χ4n) is 0.428. The molecular formula is C3H6ClN3O. The Balaban J connectivity index is 2.44. The number of amidine groups is 1. The van der Waals surface area contributed by atoms with Gasteiger partial charge in [-0.1, -0.05) is 0 Å².